The Morgan fingerprint density at radius 2 is 1.48 bits per heavy atom. The molecule has 0 fully saturated rings. The molecule has 0 aromatic carbocycles. The lowest BCUT2D eigenvalue weighted by Gasteiger charge is -2.31. The first-order chi connectivity index (χ1) is 12.9. The van der Waals surface area contributed by atoms with Gasteiger partial charge in [-0.1, -0.05) is 27.7 Å². The fourth-order valence-corrected chi connectivity index (χ4v) is 8.37. The summed E-state index contributed by atoms with van der Waals surface area (Å²) in [5.74, 6) is 0. The van der Waals surface area contributed by atoms with Gasteiger partial charge in [0.25, 0.3) is 8.32 Å². The van der Waals surface area contributed by atoms with Crippen LogP contribution >= 0.6 is 0 Å². The third-order valence-corrected chi connectivity index (χ3v) is 12.8. The molecule has 0 bridgehead atoms. The largest absolute Gasteiger partial charge is 0.504 e. The predicted octanol–water partition coefficient (Wildman–Crippen LogP) is 5.33. The second kappa shape index (κ2) is 14.6. The van der Waals surface area contributed by atoms with E-state index in [2.05, 4.69) is 39.9 Å². The van der Waals surface area contributed by atoms with Crippen LogP contribution in [0.25, 0.3) is 0 Å². The van der Waals surface area contributed by atoms with Gasteiger partial charge in [0.05, 0.1) is 0 Å². The fourth-order valence-electron chi connectivity index (χ4n) is 3.00. The van der Waals surface area contributed by atoms with Crippen LogP contribution < -0.4 is 5.32 Å². The van der Waals surface area contributed by atoms with Crippen molar-refractivity contribution in [3.8, 4) is 0 Å². The van der Waals surface area contributed by atoms with Crippen molar-refractivity contribution in [2.45, 2.75) is 98.0 Å². The van der Waals surface area contributed by atoms with Crippen molar-refractivity contribution >= 4 is 23.2 Å². The van der Waals surface area contributed by atoms with E-state index >= 15 is 0 Å². The molecular formula is C19H43NO5Si2. The van der Waals surface area contributed by atoms with Crippen molar-refractivity contribution in [3.63, 3.8) is 0 Å². The van der Waals surface area contributed by atoms with E-state index in [0.717, 1.165) is 43.4 Å². The molecule has 1 atom stereocenters. The molecule has 162 valence electrons. The summed E-state index contributed by atoms with van der Waals surface area (Å²) in [4.78, 5) is 12.1. The maximum atomic E-state index is 12.1. The van der Waals surface area contributed by atoms with Gasteiger partial charge < -0.3 is 23.0 Å². The number of hydrogen-bond acceptors (Lipinski definition) is 5. The van der Waals surface area contributed by atoms with Crippen molar-refractivity contribution in [3.05, 3.63) is 0 Å². The predicted molar refractivity (Wildman–Crippen MR) is 116 cm³/mol. The SMILES string of the molecule is CCO[Si](CCCCNC(=O)O[Si](CC)(CC)CC)(OCC)OC(C)CC. The van der Waals surface area contributed by atoms with E-state index < -0.39 is 17.1 Å². The summed E-state index contributed by atoms with van der Waals surface area (Å²) < 4.78 is 23.9. The van der Waals surface area contributed by atoms with E-state index in [-0.39, 0.29) is 12.2 Å². The van der Waals surface area contributed by atoms with Crippen LogP contribution in [0.5, 0.6) is 0 Å². The van der Waals surface area contributed by atoms with Gasteiger partial charge in [-0.15, -0.1) is 0 Å². The summed E-state index contributed by atoms with van der Waals surface area (Å²) in [6.45, 7) is 16.3. The molecule has 1 amide bonds. The molecule has 6 nitrogen and oxygen atoms in total. The Kier molecular flexibility index (Phi) is 14.3. The zero-order valence-corrected chi connectivity index (χ0v) is 20.7. The summed E-state index contributed by atoms with van der Waals surface area (Å²) in [7, 11) is -4.54. The molecule has 1 N–H and O–H groups in total. The van der Waals surface area contributed by atoms with E-state index in [1.807, 2.05) is 13.8 Å². The maximum Gasteiger partial charge on any atom is 0.501 e. The minimum atomic E-state index is -2.65. The van der Waals surface area contributed by atoms with Crippen molar-refractivity contribution < 1.29 is 22.5 Å². The third-order valence-electron chi connectivity index (χ3n) is 5.11. The second-order valence-electron chi connectivity index (χ2n) is 6.90. The molecule has 27 heavy (non-hydrogen) atoms. The van der Waals surface area contributed by atoms with E-state index in [1.165, 1.54) is 0 Å². The molecular weight excluding hydrogens is 378 g/mol. The van der Waals surface area contributed by atoms with Crippen molar-refractivity contribution in [1.82, 2.24) is 5.32 Å². The molecule has 1 unspecified atom stereocenters. The number of rotatable bonds is 16. The Balaban J connectivity index is 4.45. The number of unbranched alkanes of at least 4 members (excludes halogenated alkanes) is 1. The van der Waals surface area contributed by atoms with Crippen LogP contribution in [0.4, 0.5) is 4.79 Å². The fraction of sp³-hybridized carbons (Fsp3) is 0.947. The van der Waals surface area contributed by atoms with E-state index in [1.54, 1.807) is 0 Å². The van der Waals surface area contributed by atoms with Crippen molar-refractivity contribution in [2.24, 2.45) is 0 Å². The van der Waals surface area contributed by atoms with Crippen molar-refractivity contribution in [2.75, 3.05) is 19.8 Å². The van der Waals surface area contributed by atoms with Gasteiger partial charge in [-0.25, -0.2) is 4.79 Å². The van der Waals surface area contributed by atoms with Gasteiger partial charge in [0, 0.05) is 31.9 Å². The van der Waals surface area contributed by atoms with Crippen molar-refractivity contribution in [1.29, 1.82) is 0 Å². The lowest BCUT2D eigenvalue weighted by atomic mass is 10.3. The standard InChI is InChI=1S/C19H43NO5Si2/c1-8-18(7)24-27(22-9-2,23-10-3)17-15-14-16-20-19(21)25-26(11-4,12-5)13-6/h18H,8-17H2,1-7H3,(H,20,21). The molecule has 8 heteroatoms. The number of carbonyl (C=O) groups excluding carboxylic acids is 1. The van der Waals surface area contributed by atoms with Gasteiger partial charge in [0.1, 0.15) is 0 Å². The smallest absolute Gasteiger partial charge is 0.501 e. The van der Waals surface area contributed by atoms with Crippen LogP contribution in [0.3, 0.4) is 0 Å². The highest BCUT2D eigenvalue weighted by Crippen LogP contribution is 2.23. The van der Waals surface area contributed by atoms with Crippen LogP contribution in [-0.4, -0.2) is 49.1 Å². The molecule has 0 heterocycles. The average molecular weight is 422 g/mol. The summed E-state index contributed by atoms with van der Waals surface area (Å²) in [5, 5.41) is 2.91. The lowest BCUT2D eigenvalue weighted by Crippen LogP contribution is -2.48. The Bertz CT molecular complexity index is 380. The Morgan fingerprint density at radius 3 is 1.93 bits per heavy atom. The molecule has 0 aliphatic heterocycles. The highest BCUT2D eigenvalue weighted by Gasteiger charge is 2.41. The highest BCUT2D eigenvalue weighted by molar-refractivity contribution is 6.74. The Labute approximate surface area is 169 Å². The minimum Gasteiger partial charge on any atom is -0.504 e. The molecule has 0 rings (SSSR count). The van der Waals surface area contributed by atoms with Crippen LogP contribution in [0.1, 0.15) is 67.7 Å². The first-order valence-corrected chi connectivity index (χ1v) is 15.2. The monoisotopic (exact) mass is 421 g/mol. The number of carbonyl (C=O) groups is 1. The first-order valence-electron chi connectivity index (χ1n) is 10.8. The number of amides is 1. The van der Waals surface area contributed by atoms with Crippen LogP contribution in [0.15, 0.2) is 0 Å². The van der Waals surface area contributed by atoms with Crippen LogP contribution in [0.2, 0.25) is 24.2 Å². The molecule has 0 aliphatic carbocycles. The molecule has 0 saturated heterocycles. The average Bonchev–Trinajstić information content (AvgIpc) is 2.66. The normalized spacial score (nSPS) is 13.4. The molecule has 0 spiro atoms. The molecule has 0 aromatic heterocycles. The van der Waals surface area contributed by atoms with Gasteiger partial charge >= 0.3 is 14.9 Å². The lowest BCUT2D eigenvalue weighted by molar-refractivity contribution is 0.0367. The van der Waals surface area contributed by atoms with Gasteiger partial charge in [-0.3, -0.25) is 0 Å². The molecule has 0 saturated carbocycles. The zero-order chi connectivity index (χ0) is 20.8. The quantitative estimate of drug-likeness (QED) is 0.270. The summed E-state index contributed by atoms with van der Waals surface area (Å²) in [6, 6.07) is 3.68. The zero-order valence-electron chi connectivity index (χ0n) is 18.7. The van der Waals surface area contributed by atoms with Gasteiger partial charge in [0.2, 0.25) is 0 Å². The van der Waals surface area contributed by atoms with Gasteiger partial charge in [-0.05, 0) is 58.2 Å². The van der Waals surface area contributed by atoms with E-state index in [0.29, 0.717) is 19.8 Å². The summed E-state index contributed by atoms with van der Waals surface area (Å²) in [5.41, 5.74) is 0. The topological polar surface area (TPSA) is 66.0 Å². The molecule has 0 aliphatic rings. The van der Waals surface area contributed by atoms with Gasteiger partial charge in [0.15, 0.2) is 0 Å². The first kappa shape index (κ1) is 26.6. The molecule has 0 aromatic rings. The number of nitrogens with one attached hydrogen (secondary N) is 1. The van der Waals surface area contributed by atoms with Crippen LogP contribution in [-0.2, 0) is 17.7 Å². The summed E-state index contributed by atoms with van der Waals surface area (Å²) in [6.07, 6.45) is 2.53. The third kappa shape index (κ3) is 10.1. The van der Waals surface area contributed by atoms with E-state index in [9.17, 15) is 4.79 Å². The van der Waals surface area contributed by atoms with Crippen LogP contribution in [0, 0.1) is 0 Å². The van der Waals surface area contributed by atoms with E-state index in [4.69, 9.17) is 17.7 Å². The molecule has 0 radical (unpaired) electrons. The summed E-state index contributed by atoms with van der Waals surface area (Å²) >= 11 is 0. The highest BCUT2D eigenvalue weighted by atomic mass is 28.4. The Hall–Kier alpha value is -0.416. The Morgan fingerprint density at radius 1 is 0.926 bits per heavy atom. The second-order valence-corrected chi connectivity index (χ2v) is 14.3. The minimum absolute atomic E-state index is 0.123. The number of hydrogen-bond donors (Lipinski definition) is 1. The van der Waals surface area contributed by atoms with Gasteiger partial charge in [-0.2, -0.15) is 0 Å². The maximum absolute atomic E-state index is 12.1.